The Balaban J connectivity index is 2.03. The van der Waals surface area contributed by atoms with Crippen molar-refractivity contribution in [1.82, 2.24) is 4.90 Å². The van der Waals surface area contributed by atoms with Crippen molar-refractivity contribution >= 4 is 23.6 Å². The molecule has 0 saturated heterocycles. The van der Waals surface area contributed by atoms with Crippen molar-refractivity contribution in [2.75, 3.05) is 20.8 Å². The van der Waals surface area contributed by atoms with Crippen LogP contribution in [0.2, 0.25) is 5.02 Å². The molecule has 0 aliphatic carbocycles. The monoisotopic (exact) mass is 359 g/mol. The van der Waals surface area contributed by atoms with E-state index in [0.717, 1.165) is 11.1 Å². The van der Waals surface area contributed by atoms with Crippen LogP contribution in [0.25, 0.3) is 6.08 Å². The molecule has 0 aliphatic heterocycles. The van der Waals surface area contributed by atoms with Gasteiger partial charge in [0.1, 0.15) is 0 Å². The molecule has 2 rings (SSSR count). The number of hydrogen-bond acceptors (Lipinski definition) is 3. The summed E-state index contributed by atoms with van der Waals surface area (Å²) in [6.45, 7) is 2.98. The van der Waals surface area contributed by atoms with E-state index in [0.29, 0.717) is 29.7 Å². The van der Waals surface area contributed by atoms with Crippen molar-refractivity contribution in [3.8, 4) is 11.5 Å². The first-order valence-electron chi connectivity index (χ1n) is 8.02. The van der Waals surface area contributed by atoms with Crippen molar-refractivity contribution in [2.45, 2.75) is 13.5 Å². The van der Waals surface area contributed by atoms with Gasteiger partial charge in [-0.15, -0.1) is 0 Å². The zero-order valence-electron chi connectivity index (χ0n) is 14.7. The average molecular weight is 360 g/mol. The zero-order chi connectivity index (χ0) is 18.2. The van der Waals surface area contributed by atoms with E-state index in [1.54, 1.807) is 31.2 Å². The molecule has 132 valence electrons. The molecule has 0 aromatic heterocycles. The number of carbonyl (C=O) groups is 1. The minimum atomic E-state index is -0.0799. The fourth-order valence-corrected chi connectivity index (χ4v) is 2.43. The maximum atomic E-state index is 12.3. The topological polar surface area (TPSA) is 38.8 Å². The second-order valence-electron chi connectivity index (χ2n) is 5.50. The first kappa shape index (κ1) is 18.9. The quantitative estimate of drug-likeness (QED) is 0.687. The van der Waals surface area contributed by atoms with Crippen LogP contribution in [-0.4, -0.2) is 31.6 Å². The van der Waals surface area contributed by atoms with Gasteiger partial charge >= 0.3 is 0 Å². The first-order valence-corrected chi connectivity index (χ1v) is 8.39. The Hall–Kier alpha value is -2.46. The normalized spacial score (nSPS) is 10.7. The van der Waals surface area contributed by atoms with E-state index in [4.69, 9.17) is 21.1 Å². The molecule has 0 saturated carbocycles. The van der Waals surface area contributed by atoms with E-state index in [1.165, 1.54) is 0 Å². The lowest BCUT2D eigenvalue weighted by molar-refractivity contribution is -0.125. The van der Waals surface area contributed by atoms with Crippen molar-refractivity contribution in [1.29, 1.82) is 0 Å². The number of carbonyl (C=O) groups excluding carboxylic acids is 1. The number of benzene rings is 2. The fourth-order valence-electron chi connectivity index (χ4n) is 2.30. The summed E-state index contributed by atoms with van der Waals surface area (Å²) in [6, 6.07) is 13.0. The molecule has 0 bridgehead atoms. The molecular formula is C20H22ClNO3. The fraction of sp³-hybridized carbons (Fsp3) is 0.250. The summed E-state index contributed by atoms with van der Waals surface area (Å²) in [5.41, 5.74) is 1.90. The Morgan fingerprint density at radius 1 is 1.16 bits per heavy atom. The van der Waals surface area contributed by atoms with Gasteiger partial charge in [0.05, 0.1) is 13.7 Å². The predicted octanol–water partition coefficient (Wildman–Crippen LogP) is 4.42. The molecule has 1 amide bonds. The van der Waals surface area contributed by atoms with E-state index in [9.17, 15) is 4.79 Å². The number of rotatable bonds is 7. The standard InChI is InChI=1S/C20H22ClNO3/c1-4-25-19-13-15(7-11-18(19)24-3)8-12-20(23)22(2)14-16-5-9-17(21)10-6-16/h5-13H,4,14H2,1-3H3. The third-order valence-electron chi connectivity index (χ3n) is 3.62. The number of halogens is 1. The Labute approximate surface area is 153 Å². The van der Waals surface area contributed by atoms with Gasteiger partial charge in [0.2, 0.25) is 5.91 Å². The van der Waals surface area contributed by atoms with Gasteiger partial charge < -0.3 is 14.4 Å². The summed E-state index contributed by atoms with van der Waals surface area (Å²) in [5.74, 6) is 1.25. The highest BCUT2D eigenvalue weighted by Crippen LogP contribution is 2.28. The molecule has 0 spiro atoms. The molecule has 5 heteroatoms. The summed E-state index contributed by atoms with van der Waals surface area (Å²) in [6.07, 6.45) is 3.32. The highest BCUT2D eigenvalue weighted by atomic mass is 35.5. The van der Waals surface area contributed by atoms with Crippen LogP contribution < -0.4 is 9.47 Å². The lowest BCUT2D eigenvalue weighted by Gasteiger charge is -2.15. The van der Waals surface area contributed by atoms with Crippen LogP contribution in [0.5, 0.6) is 11.5 Å². The van der Waals surface area contributed by atoms with Gasteiger partial charge in [0.15, 0.2) is 11.5 Å². The Morgan fingerprint density at radius 3 is 2.52 bits per heavy atom. The molecule has 0 aliphatic rings. The highest BCUT2D eigenvalue weighted by Gasteiger charge is 2.07. The number of hydrogen-bond donors (Lipinski definition) is 0. The lowest BCUT2D eigenvalue weighted by Crippen LogP contribution is -2.24. The molecule has 2 aromatic carbocycles. The summed E-state index contributed by atoms with van der Waals surface area (Å²) in [5, 5.41) is 0.683. The van der Waals surface area contributed by atoms with Crippen LogP contribution in [0.1, 0.15) is 18.1 Å². The van der Waals surface area contributed by atoms with Gasteiger partial charge in [-0.2, -0.15) is 0 Å². The number of amides is 1. The van der Waals surface area contributed by atoms with Crippen LogP contribution in [-0.2, 0) is 11.3 Å². The summed E-state index contributed by atoms with van der Waals surface area (Å²) >= 11 is 5.87. The zero-order valence-corrected chi connectivity index (χ0v) is 15.4. The molecule has 2 aromatic rings. The maximum Gasteiger partial charge on any atom is 0.246 e. The van der Waals surface area contributed by atoms with Gasteiger partial charge in [0, 0.05) is 24.7 Å². The van der Waals surface area contributed by atoms with E-state index in [2.05, 4.69) is 0 Å². The van der Waals surface area contributed by atoms with Crippen molar-refractivity contribution in [3.05, 3.63) is 64.7 Å². The first-order chi connectivity index (χ1) is 12.0. The van der Waals surface area contributed by atoms with E-state index >= 15 is 0 Å². The number of ether oxygens (including phenoxy) is 2. The summed E-state index contributed by atoms with van der Waals surface area (Å²) < 4.78 is 10.8. The molecule has 0 fully saturated rings. The second-order valence-corrected chi connectivity index (χ2v) is 5.93. The highest BCUT2D eigenvalue weighted by molar-refractivity contribution is 6.30. The number of methoxy groups -OCH3 is 1. The van der Waals surface area contributed by atoms with Crippen molar-refractivity contribution in [3.63, 3.8) is 0 Å². The van der Waals surface area contributed by atoms with Crippen molar-refractivity contribution in [2.24, 2.45) is 0 Å². The molecule has 0 unspecified atom stereocenters. The van der Waals surface area contributed by atoms with E-state index < -0.39 is 0 Å². The van der Waals surface area contributed by atoms with Gasteiger partial charge in [0.25, 0.3) is 0 Å². The largest absolute Gasteiger partial charge is 0.493 e. The van der Waals surface area contributed by atoms with Crippen LogP contribution in [0.4, 0.5) is 0 Å². The van der Waals surface area contributed by atoms with Crippen molar-refractivity contribution < 1.29 is 14.3 Å². The van der Waals surface area contributed by atoms with Crippen LogP contribution in [0.3, 0.4) is 0 Å². The minimum Gasteiger partial charge on any atom is -0.493 e. The molecule has 4 nitrogen and oxygen atoms in total. The lowest BCUT2D eigenvalue weighted by atomic mass is 10.1. The van der Waals surface area contributed by atoms with Crippen LogP contribution >= 0.6 is 11.6 Å². The Bertz CT molecular complexity index is 741. The molecule has 25 heavy (non-hydrogen) atoms. The Kier molecular flexibility index (Phi) is 6.90. The smallest absolute Gasteiger partial charge is 0.246 e. The molecule has 0 atom stereocenters. The SMILES string of the molecule is CCOc1cc(C=CC(=O)N(C)Cc2ccc(Cl)cc2)ccc1OC. The van der Waals surface area contributed by atoms with Gasteiger partial charge in [-0.1, -0.05) is 29.8 Å². The summed E-state index contributed by atoms with van der Waals surface area (Å²) in [4.78, 5) is 13.9. The Morgan fingerprint density at radius 2 is 1.88 bits per heavy atom. The molecule has 0 N–H and O–H groups in total. The van der Waals surface area contributed by atoms with E-state index in [1.807, 2.05) is 49.4 Å². The van der Waals surface area contributed by atoms with Crippen LogP contribution in [0, 0.1) is 0 Å². The van der Waals surface area contributed by atoms with E-state index in [-0.39, 0.29) is 5.91 Å². The molecule has 0 heterocycles. The maximum absolute atomic E-state index is 12.3. The second kappa shape index (κ2) is 9.14. The minimum absolute atomic E-state index is 0.0799. The molecular weight excluding hydrogens is 338 g/mol. The van der Waals surface area contributed by atoms with Gasteiger partial charge in [-0.25, -0.2) is 0 Å². The van der Waals surface area contributed by atoms with Gasteiger partial charge in [-0.3, -0.25) is 4.79 Å². The van der Waals surface area contributed by atoms with Crippen LogP contribution in [0.15, 0.2) is 48.5 Å². The average Bonchev–Trinajstić information content (AvgIpc) is 2.62. The number of likely N-dealkylation sites (N-methyl/N-ethyl adjacent to an activating group) is 1. The third-order valence-corrected chi connectivity index (χ3v) is 3.87. The number of nitrogens with zero attached hydrogens (tertiary/aromatic N) is 1. The summed E-state index contributed by atoms with van der Waals surface area (Å²) in [7, 11) is 3.36. The van der Waals surface area contributed by atoms with Gasteiger partial charge in [-0.05, 0) is 48.4 Å². The molecule has 0 radical (unpaired) electrons. The third kappa shape index (κ3) is 5.54. The predicted molar refractivity (Wildman–Crippen MR) is 101 cm³/mol.